The van der Waals surface area contributed by atoms with Crippen LogP contribution in [-0.2, 0) is 0 Å². The SMILES string of the molecule is C[N-]c1cccnn1. The number of rotatable bonds is 1. The van der Waals surface area contributed by atoms with E-state index >= 15 is 0 Å². The summed E-state index contributed by atoms with van der Waals surface area (Å²) in [6, 6.07) is 3.60. The normalized spacial score (nSPS) is 8.62. The van der Waals surface area contributed by atoms with Crippen LogP contribution < -0.4 is 0 Å². The lowest BCUT2D eigenvalue weighted by Crippen LogP contribution is -1.76. The van der Waals surface area contributed by atoms with Crippen molar-refractivity contribution >= 4 is 5.82 Å². The molecule has 0 bridgehead atoms. The van der Waals surface area contributed by atoms with E-state index < -0.39 is 0 Å². The molecule has 0 aliphatic rings. The van der Waals surface area contributed by atoms with Gasteiger partial charge in [-0.05, 0) is 11.9 Å². The molecule has 3 heteroatoms. The Morgan fingerprint density at radius 3 is 2.88 bits per heavy atom. The van der Waals surface area contributed by atoms with Crippen molar-refractivity contribution in [2.75, 3.05) is 7.05 Å². The van der Waals surface area contributed by atoms with Crippen LogP contribution in [0, 0.1) is 0 Å². The Labute approximate surface area is 47.8 Å². The van der Waals surface area contributed by atoms with E-state index in [1.54, 1.807) is 25.4 Å². The van der Waals surface area contributed by atoms with Gasteiger partial charge in [0.2, 0.25) is 0 Å². The monoisotopic (exact) mass is 108 g/mol. The summed E-state index contributed by atoms with van der Waals surface area (Å²) in [5.74, 6) is 0.674. The molecule has 0 aromatic carbocycles. The van der Waals surface area contributed by atoms with Crippen molar-refractivity contribution in [3.05, 3.63) is 23.6 Å². The third-order valence-corrected chi connectivity index (χ3v) is 0.787. The van der Waals surface area contributed by atoms with Gasteiger partial charge in [-0.1, -0.05) is 13.1 Å². The molecule has 0 atom stereocenters. The molecule has 0 fully saturated rings. The van der Waals surface area contributed by atoms with E-state index in [2.05, 4.69) is 15.5 Å². The molecule has 0 unspecified atom stereocenters. The fraction of sp³-hybridized carbons (Fsp3) is 0.200. The van der Waals surface area contributed by atoms with Crippen LogP contribution in [0.25, 0.3) is 5.32 Å². The first-order chi connectivity index (χ1) is 3.93. The predicted octanol–water partition coefficient (Wildman–Crippen LogP) is 1.11. The minimum absolute atomic E-state index is 0.674. The summed E-state index contributed by atoms with van der Waals surface area (Å²) in [5, 5.41) is 11.1. The van der Waals surface area contributed by atoms with Crippen LogP contribution in [0.2, 0.25) is 0 Å². The van der Waals surface area contributed by atoms with Crippen molar-refractivity contribution in [1.29, 1.82) is 0 Å². The molecule has 0 aliphatic carbocycles. The van der Waals surface area contributed by atoms with Gasteiger partial charge in [0.25, 0.3) is 0 Å². The van der Waals surface area contributed by atoms with Gasteiger partial charge in [-0.3, -0.25) is 5.10 Å². The van der Waals surface area contributed by atoms with E-state index in [1.807, 2.05) is 0 Å². The second kappa shape index (κ2) is 2.26. The Morgan fingerprint density at radius 2 is 2.50 bits per heavy atom. The topological polar surface area (TPSA) is 39.9 Å². The standard InChI is InChI=1S/C5H6N3/c1-6-5-3-2-4-7-8-5/h2-4H,1H3/q-1. The van der Waals surface area contributed by atoms with Crippen LogP contribution in [0.3, 0.4) is 0 Å². The van der Waals surface area contributed by atoms with Gasteiger partial charge >= 0.3 is 0 Å². The summed E-state index contributed by atoms with van der Waals surface area (Å²) in [6.07, 6.45) is 1.62. The van der Waals surface area contributed by atoms with Crippen LogP contribution in [0.4, 0.5) is 5.82 Å². The summed E-state index contributed by atoms with van der Waals surface area (Å²) in [6.45, 7) is 0. The molecule has 8 heavy (non-hydrogen) atoms. The third kappa shape index (κ3) is 0.932. The lowest BCUT2D eigenvalue weighted by atomic mass is 10.5. The molecule has 0 amide bonds. The zero-order valence-corrected chi connectivity index (χ0v) is 4.57. The second-order valence-electron chi connectivity index (χ2n) is 1.31. The Balaban J connectivity index is 2.83. The van der Waals surface area contributed by atoms with Gasteiger partial charge in [0.05, 0.1) is 0 Å². The quantitative estimate of drug-likeness (QED) is 0.540. The first-order valence-electron chi connectivity index (χ1n) is 2.31. The van der Waals surface area contributed by atoms with Crippen LogP contribution in [-0.4, -0.2) is 17.2 Å². The van der Waals surface area contributed by atoms with E-state index in [9.17, 15) is 0 Å². The fourth-order valence-electron chi connectivity index (χ4n) is 0.413. The number of aromatic nitrogens is 2. The van der Waals surface area contributed by atoms with E-state index in [0.717, 1.165) is 0 Å². The van der Waals surface area contributed by atoms with Crippen LogP contribution in [0.1, 0.15) is 0 Å². The van der Waals surface area contributed by atoms with E-state index in [0.29, 0.717) is 5.82 Å². The maximum absolute atomic E-state index is 3.80. The van der Waals surface area contributed by atoms with Gasteiger partial charge in [0.15, 0.2) is 0 Å². The van der Waals surface area contributed by atoms with Crippen LogP contribution in [0.15, 0.2) is 18.3 Å². The van der Waals surface area contributed by atoms with Gasteiger partial charge in [-0.25, -0.2) is 0 Å². The summed E-state index contributed by atoms with van der Waals surface area (Å²) < 4.78 is 0. The minimum Gasteiger partial charge on any atom is -0.468 e. The molecular weight excluding hydrogens is 102 g/mol. The molecule has 3 nitrogen and oxygen atoms in total. The van der Waals surface area contributed by atoms with Gasteiger partial charge in [0.1, 0.15) is 0 Å². The van der Waals surface area contributed by atoms with Gasteiger partial charge in [-0.2, -0.15) is 0 Å². The minimum atomic E-state index is 0.674. The smallest absolute Gasteiger partial charge is 0.0259 e. The zero-order valence-electron chi connectivity index (χ0n) is 4.57. The number of hydrogen-bond acceptors (Lipinski definition) is 2. The largest absolute Gasteiger partial charge is 0.468 e. The zero-order chi connectivity index (χ0) is 5.82. The average molecular weight is 108 g/mol. The van der Waals surface area contributed by atoms with Crippen LogP contribution >= 0.6 is 0 Å². The van der Waals surface area contributed by atoms with E-state index in [4.69, 9.17) is 0 Å². The van der Waals surface area contributed by atoms with Crippen molar-refractivity contribution in [2.24, 2.45) is 0 Å². The summed E-state index contributed by atoms with van der Waals surface area (Å²) in [4.78, 5) is 0. The first-order valence-corrected chi connectivity index (χ1v) is 2.31. The Bertz CT molecular complexity index is 149. The van der Waals surface area contributed by atoms with Crippen molar-refractivity contribution in [3.8, 4) is 0 Å². The molecule has 0 saturated carbocycles. The Morgan fingerprint density at radius 1 is 1.62 bits per heavy atom. The summed E-state index contributed by atoms with van der Waals surface area (Å²) in [7, 11) is 1.68. The van der Waals surface area contributed by atoms with Crippen molar-refractivity contribution in [3.63, 3.8) is 0 Å². The summed E-state index contributed by atoms with van der Waals surface area (Å²) >= 11 is 0. The number of nitrogens with zero attached hydrogens (tertiary/aromatic N) is 3. The Hall–Kier alpha value is -1.12. The highest BCUT2D eigenvalue weighted by Gasteiger charge is 1.69. The van der Waals surface area contributed by atoms with Crippen molar-refractivity contribution in [1.82, 2.24) is 10.2 Å². The molecule has 1 aromatic heterocycles. The van der Waals surface area contributed by atoms with Crippen molar-refractivity contribution < 1.29 is 0 Å². The highest BCUT2D eigenvalue weighted by atomic mass is 15.2. The second-order valence-corrected chi connectivity index (χ2v) is 1.31. The van der Waals surface area contributed by atoms with E-state index in [-0.39, 0.29) is 0 Å². The molecule has 0 aliphatic heterocycles. The molecule has 1 heterocycles. The lowest BCUT2D eigenvalue weighted by molar-refractivity contribution is 1.04. The van der Waals surface area contributed by atoms with E-state index in [1.165, 1.54) is 0 Å². The highest BCUT2D eigenvalue weighted by molar-refractivity contribution is 5.35. The van der Waals surface area contributed by atoms with Gasteiger partial charge in [0, 0.05) is 6.20 Å². The predicted molar refractivity (Wildman–Crippen MR) is 31.0 cm³/mol. The third-order valence-electron chi connectivity index (χ3n) is 0.787. The molecule has 1 rings (SSSR count). The Kier molecular flexibility index (Phi) is 1.42. The molecule has 0 saturated heterocycles. The maximum atomic E-state index is 3.80. The van der Waals surface area contributed by atoms with Gasteiger partial charge < -0.3 is 10.4 Å². The number of hydrogen-bond donors (Lipinski definition) is 0. The molecule has 42 valence electrons. The van der Waals surface area contributed by atoms with Gasteiger partial charge in [-0.15, -0.1) is 0 Å². The van der Waals surface area contributed by atoms with Crippen molar-refractivity contribution in [2.45, 2.75) is 0 Å². The first kappa shape index (κ1) is 5.03. The van der Waals surface area contributed by atoms with Crippen LogP contribution in [0.5, 0.6) is 0 Å². The average Bonchev–Trinajstić information content (AvgIpc) is 1.90. The highest BCUT2D eigenvalue weighted by Crippen LogP contribution is 2.05. The summed E-state index contributed by atoms with van der Waals surface area (Å²) in [5.41, 5.74) is 0. The maximum Gasteiger partial charge on any atom is 0.0259 e. The molecule has 0 spiro atoms. The molecule has 0 radical (unpaired) electrons. The molecular formula is C5H6N3-. The molecule has 0 N–H and O–H groups in total. The lowest BCUT2D eigenvalue weighted by Gasteiger charge is -2.04. The molecule has 1 aromatic rings. The fourth-order valence-corrected chi connectivity index (χ4v) is 0.413.